The van der Waals surface area contributed by atoms with E-state index in [1.165, 1.54) is 6.92 Å². The zero-order chi connectivity index (χ0) is 18.5. The van der Waals surface area contributed by atoms with Gasteiger partial charge in [0.05, 0.1) is 5.69 Å². The molecule has 0 aliphatic carbocycles. The van der Waals surface area contributed by atoms with Crippen molar-refractivity contribution in [3.8, 4) is 11.1 Å². The molecular formula is C20H16IN3O2. The van der Waals surface area contributed by atoms with Crippen LogP contribution in [0.5, 0.6) is 0 Å². The fourth-order valence-electron chi connectivity index (χ4n) is 2.44. The van der Waals surface area contributed by atoms with Crippen LogP contribution in [-0.2, 0) is 4.79 Å². The average molecular weight is 457 g/mol. The highest BCUT2D eigenvalue weighted by atomic mass is 127. The largest absolute Gasteiger partial charge is 0.326 e. The first-order valence-electron chi connectivity index (χ1n) is 7.92. The molecule has 0 fully saturated rings. The highest BCUT2D eigenvalue weighted by molar-refractivity contribution is 14.1. The van der Waals surface area contributed by atoms with Crippen LogP contribution < -0.4 is 10.6 Å². The van der Waals surface area contributed by atoms with Crippen LogP contribution in [0, 0.1) is 3.57 Å². The topological polar surface area (TPSA) is 71.1 Å². The molecule has 0 saturated carbocycles. The molecule has 0 unspecified atom stereocenters. The van der Waals surface area contributed by atoms with Crippen molar-refractivity contribution in [2.45, 2.75) is 6.92 Å². The predicted molar refractivity (Wildman–Crippen MR) is 111 cm³/mol. The van der Waals surface area contributed by atoms with Gasteiger partial charge >= 0.3 is 0 Å². The van der Waals surface area contributed by atoms with Gasteiger partial charge in [0.2, 0.25) is 5.91 Å². The lowest BCUT2D eigenvalue weighted by atomic mass is 10.1. The van der Waals surface area contributed by atoms with E-state index in [1.54, 1.807) is 36.7 Å². The minimum Gasteiger partial charge on any atom is -0.326 e. The van der Waals surface area contributed by atoms with Crippen LogP contribution in [0.2, 0.25) is 0 Å². The maximum absolute atomic E-state index is 12.5. The summed E-state index contributed by atoms with van der Waals surface area (Å²) < 4.78 is 0.943. The van der Waals surface area contributed by atoms with Gasteiger partial charge < -0.3 is 10.6 Å². The Hall–Kier alpha value is -2.74. The average Bonchev–Trinajstić information content (AvgIpc) is 2.64. The molecule has 3 aromatic rings. The van der Waals surface area contributed by atoms with Crippen molar-refractivity contribution >= 4 is 45.8 Å². The summed E-state index contributed by atoms with van der Waals surface area (Å²) in [5.74, 6) is -0.357. The van der Waals surface area contributed by atoms with Gasteiger partial charge in [-0.3, -0.25) is 14.6 Å². The van der Waals surface area contributed by atoms with E-state index in [-0.39, 0.29) is 11.8 Å². The fourth-order valence-corrected chi connectivity index (χ4v) is 2.91. The third-order valence-electron chi connectivity index (χ3n) is 3.68. The first kappa shape index (κ1) is 18.1. The minimum atomic E-state index is -0.208. The third-order valence-corrected chi connectivity index (χ3v) is 4.62. The predicted octanol–water partition coefficient (Wildman–Crippen LogP) is 4.56. The summed E-state index contributed by atoms with van der Waals surface area (Å²) in [6.45, 7) is 1.44. The minimum absolute atomic E-state index is 0.149. The second kappa shape index (κ2) is 8.09. The molecule has 0 radical (unpaired) electrons. The van der Waals surface area contributed by atoms with Gasteiger partial charge in [0.25, 0.3) is 5.91 Å². The van der Waals surface area contributed by atoms with E-state index in [2.05, 4.69) is 38.2 Å². The van der Waals surface area contributed by atoms with Crippen LogP contribution in [0.15, 0.2) is 67.0 Å². The van der Waals surface area contributed by atoms with Crippen molar-refractivity contribution in [3.05, 3.63) is 76.1 Å². The number of amides is 2. The number of nitrogens with zero attached hydrogens (tertiary/aromatic N) is 1. The highest BCUT2D eigenvalue weighted by Gasteiger charge is 2.10. The maximum Gasteiger partial charge on any atom is 0.255 e. The van der Waals surface area contributed by atoms with E-state index in [9.17, 15) is 9.59 Å². The number of rotatable bonds is 4. The number of anilines is 2. The Morgan fingerprint density at radius 3 is 2.38 bits per heavy atom. The number of aromatic nitrogens is 1. The van der Waals surface area contributed by atoms with Crippen LogP contribution in [-0.4, -0.2) is 16.8 Å². The van der Waals surface area contributed by atoms with Crippen molar-refractivity contribution in [2.24, 2.45) is 0 Å². The molecule has 130 valence electrons. The summed E-state index contributed by atoms with van der Waals surface area (Å²) >= 11 is 2.19. The van der Waals surface area contributed by atoms with Gasteiger partial charge in [-0.25, -0.2) is 0 Å². The molecule has 0 spiro atoms. The number of nitrogens with one attached hydrogen (secondary N) is 2. The Kier molecular flexibility index (Phi) is 5.62. The van der Waals surface area contributed by atoms with Crippen molar-refractivity contribution in [1.29, 1.82) is 0 Å². The Labute approximate surface area is 165 Å². The van der Waals surface area contributed by atoms with Gasteiger partial charge in [-0.2, -0.15) is 0 Å². The molecule has 0 aliphatic heterocycles. The molecular weight excluding hydrogens is 441 g/mol. The van der Waals surface area contributed by atoms with Crippen molar-refractivity contribution in [1.82, 2.24) is 4.98 Å². The number of halogens is 1. The number of benzene rings is 2. The normalized spacial score (nSPS) is 10.2. The number of hydrogen-bond acceptors (Lipinski definition) is 3. The molecule has 0 bridgehead atoms. The summed E-state index contributed by atoms with van der Waals surface area (Å²) in [7, 11) is 0. The highest BCUT2D eigenvalue weighted by Crippen LogP contribution is 2.26. The lowest BCUT2D eigenvalue weighted by molar-refractivity contribution is -0.114. The standard InChI is InChI=1S/C20H16IN3O2/c1-13(25)23-17-7-4-14(5-8-17)20(26)24-19-11-15(6-9-18(19)21)16-3-2-10-22-12-16/h2-12H,1H3,(H,23,25)(H,24,26). The Balaban J connectivity index is 1.79. The lowest BCUT2D eigenvalue weighted by Crippen LogP contribution is -2.13. The third kappa shape index (κ3) is 4.45. The molecule has 0 atom stereocenters. The maximum atomic E-state index is 12.5. The van der Waals surface area contributed by atoms with Gasteiger partial charge in [0, 0.05) is 39.7 Å². The molecule has 5 nitrogen and oxygen atoms in total. The second-order valence-corrected chi connectivity index (χ2v) is 6.81. The molecule has 6 heteroatoms. The zero-order valence-electron chi connectivity index (χ0n) is 14.0. The molecule has 2 N–H and O–H groups in total. The number of pyridine rings is 1. The first-order valence-corrected chi connectivity index (χ1v) is 9.00. The second-order valence-electron chi connectivity index (χ2n) is 5.65. The molecule has 2 amide bonds. The summed E-state index contributed by atoms with van der Waals surface area (Å²) in [6.07, 6.45) is 3.51. The van der Waals surface area contributed by atoms with E-state index in [1.807, 2.05) is 30.3 Å². The van der Waals surface area contributed by atoms with E-state index >= 15 is 0 Å². The summed E-state index contributed by atoms with van der Waals surface area (Å²) in [5.41, 5.74) is 3.88. The Morgan fingerprint density at radius 2 is 1.73 bits per heavy atom. The molecule has 1 heterocycles. The van der Waals surface area contributed by atoms with Crippen LogP contribution in [0.4, 0.5) is 11.4 Å². The number of carbonyl (C=O) groups excluding carboxylic acids is 2. The SMILES string of the molecule is CC(=O)Nc1ccc(C(=O)Nc2cc(-c3cccnc3)ccc2I)cc1. The number of hydrogen-bond donors (Lipinski definition) is 2. The Bertz CT molecular complexity index is 941. The van der Waals surface area contributed by atoms with Crippen LogP contribution in [0.1, 0.15) is 17.3 Å². The van der Waals surface area contributed by atoms with Crippen LogP contribution >= 0.6 is 22.6 Å². The molecule has 1 aromatic heterocycles. The van der Waals surface area contributed by atoms with Gasteiger partial charge in [-0.15, -0.1) is 0 Å². The van der Waals surface area contributed by atoms with Crippen molar-refractivity contribution < 1.29 is 9.59 Å². The molecule has 2 aromatic carbocycles. The monoisotopic (exact) mass is 457 g/mol. The smallest absolute Gasteiger partial charge is 0.255 e. The van der Waals surface area contributed by atoms with Crippen LogP contribution in [0.25, 0.3) is 11.1 Å². The Morgan fingerprint density at radius 1 is 0.962 bits per heavy atom. The molecule has 0 aliphatic rings. The number of carbonyl (C=O) groups is 2. The van der Waals surface area contributed by atoms with Gasteiger partial charge in [0.15, 0.2) is 0 Å². The zero-order valence-corrected chi connectivity index (χ0v) is 16.2. The molecule has 0 saturated heterocycles. The quantitative estimate of drug-likeness (QED) is 0.565. The van der Waals surface area contributed by atoms with Gasteiger partial charge in [0.1, 0.15) is 0 Å². The van der Waals surface area contributed by atoms with Crippen molar-refractivity contribution in [2.75, 3.05) is 10.6 Å². The van der Waals surface area contributed by atoms with Gasteiger partial charge in [-0.1, -0.05) is 12.1 Å². The van der Waals surface area contributed by atoms with E-state index in [0.717, 1.165) is 20.4 Å². The van der Waals surface area contributed by atoms with Crippen LogP contribution in [0.3, 0.4) is 0 Å². The van der Waals surface area contributed by atoms with Crippen molar-refractivity contribution in [3.63, 3.8) is 0 Å². The fraction of sp³-hybridized carbons (Fsp3) is 0.0500. The van der Waals surface area contributed by atoms with E-state index in [0.29, 0.717) is 11.3 Å². The summed E-state index contributed by atoms with van der Waals surface area (Å²) in [6, 6.07) is 16.5. The first-order chi connectivity index (χ1) is 12.5. The summed E-state index contributed by atoms with van der Waals surface area (Å²) in [4.78, 5) is 27.7. The lowest BCUT2D eigenvalue weighted by Gasteiger charge is -2.10. The molecule has 26 heavy (non-hydrogen) atoms. The van der Waals surface area contributed by atoms with E-state index in [4.69, 9.17) is 0 Å². The summed E-state index contributed by atoms with van der Waals surface area (Å²) in [5, 5.41) is 5.62. The van der Waals surface area contributed by atoms with E-state index < -0.39 is 0 Å². The van der Waals surface area contributed by atoms with Gasteiger partial charge in [-0.05, 0) is 70.6 Å². The molecule has 3 rings (SSSR count).